The zero-order valence-corrected chi connectivity index (χ0v) is 11.8. The molecule has 5 heteroatoms. The van der Waals surface area contributed by atoms with Crippen molar-refractivity contribution in [3.05, 3.63) is 35.9 Å². The number of esters is 1. The van der Waals surface area contributed by atoms with Crippen LogP contribution >= 0.6 is 0 Å². The molecule has 2 unspecified atom stereocenters. The summed E-state index contributed by atoms with van der Waals surface area (Å²) in [6.45, 7) is 3.35. The van der Waals surface area contributed by atoms with Gasteiger partial charge in [0.25, 0.3) is 0 Å². The Bertz CT molecular complexity index is 424. The molecule has 2 atom stereocenters. The Hall–Kier alpha value is -1.43. The first-order chi connectivity index (χ1) is 9.74. The van der Waals surface area contributed by atoms with Crippen molar-refractivity contribution in [3.63, 3.8) is 0 Å². The summed E-state index contributed by atoms with van der Waals surface area (Å²) < 4.78 is 10.2. The zero-order valence-electron chi connectivity index (χ0n) is 11.8. The van der Waals surface area contributed by atoms with E-state index in [9.17, 15) is 4.79 Å². The molecule has 1 aliphatic rings. The summed E-state index contributed by atoms with van der Waals surface area (Å²) in [5.74, 6) is -0.0358. The first-order valence-electron chi connectivity index (χ1n) is 6.91. The van der Waals surface area contributed by atoms with Crippen molar-refractivity contribution in [3.8, 4) is 0 Å². The Balaban J connectivity index is 1.96. The third kappa shape index (κ3) is 3.79. The van der Waals surface area contributed by atoms with Gasteiger partial charge >= 0.3 is 5.97 Å². The molecule has 2 rings (SSSR count). The van der Waals surface area contributed by atoms with Gasteiger partial charge in [-0.25, -0.2) is 4.79 Å². The molecule has 0 spiro atoms. The van der Waals surface area contributed by atoms with E-state index >= 15 is 0 Å². The van der Waals surface area contributed by atoms with Crippen molar-refractivity contribution in [1.82, 2.24) is 4.90 Å². The van der Waals surface area contributed by atoms with E-state index in [4.69, 9.17) is 15.2 Å². The largest absolute Gasteiger partial charge is 0.467 e. The summed E-state index contributed by atoms with van der Waals surface area (Å²) >= 11 is 0. The van der Waals surface area contributed by atoms with Crippen LogP contribution in [0.15, 0.2) is 30.3 Å². The third-order valence-electron chi connectivity index (χ3n) is 3.65. The molecular formula is C15H22N2O3. The fourth-order valence-corrected chi connectivity index (χ4v) is 2.50. The SMILES string of the molecule is COC(=O)C1CN(CC(CN)c2ccccc2)CCO1. The van der Waals surface area contributed by atoms with Crippen LogP contribution in [0.1, 0.15) is 11.5 Å². The number of ether oxygens (including phenoxy) is 2. The van der Waals surface area contributed by atoms with Gasteiger partial charge in [0.1, 0.15) is 0 Å². The van der Waals surface area contributed by atoms with Gasteiger partial charge in [0.2, 0.25) is 0 Å². The van der Waals surface area contributed by atoms with Gasteiger partial charge in [-0.2, -0.15) is 0 Å². The molecule has 0 amide bonds. The standard InChI is InChI=1S/C15H22N2O3/c1-19-15(18)14-11-17(7-8-20-14)10-13(9-16)12-5-3-2-4-6-12/h2-6,13-14H,7-11,16H2,1H3. The number of rotatable bonds is 5. The van der Waals surface area contributed by atoms with Gasteiger partial charge in [-0.1, -0.05) is 30.3 Å². The van der Waals surface area contributed by atoms with Crippen LogP contribution in [0.3, 0.4) is 0 Å². The molecule has 1 fully saturated rings. The maximum atomic E-state index is 11.5. The average Bonchev–Trinajstić information content (AvgIpc) is 2.53. The molecule has 5 nitrogen and oxygen atoms in total. The molecule has 0 aliphatic carbocycles. The number of methoxy groups -OCH3 is 1. The summed E-state index contributed by atoms with van der Waals surface area (Å²) in [6.07, 6.45) is -0.483. The van der Waals surface area contributed by atoms with Crippen LogP contribution in [0.4, 0.5) is 0 Å². The van der Waals surface area contributed by atoms with Crippen LogP contribution in [-0.4, -0.2) is 56.9 Å². The highest BCUT2D eigenvalue weighted by Gasteiger charge is 2.28. The number of morpholine rings is 1. The first-order valence-corrected chi connectivity index (χ1v) is 6.91. The second-order valence-electron chi connectivity index (χ2n) is 4.99. The number of nitrogens with two attached hydrogens (primary N) is 1. The molecule has 1 aliphatic heterocycles. The Morgan fingerprint density at radius 1 is 1.50 bits per heavy atom. The third-order valence-corrected chi connectivity index (χ3v) is 3.65. The molecule has 2 N–H and O–H groups in total. The molecule has 20 heavy (non-hydrogen) atoms. The molecule has 0 aromatic heterocycles. The minimum absolute atomic E-state index is 0.271. The molecule has 0 radical (unpaired) electrons. The molecule has 110 valence electrons. The topological polar surface area (TPSA) is 64.8 Å². The molecule has 0 bridgehead atoms. The van der Waals surface area contributed by atoms with E-state index in [1.165, 1.54) is 12.7 Å². The van der Waals surface area contributed by atoms with Crippen LogP contribution in [0.5, 0.6) is 0 Å². The monoisotopic (exact) mass is 278 g/mol. The highest BCUT2D eigenvalue weighted by Crippen LogP contribution is 2.17. The molecule has 1 heterocycles. The normalized spacial score (nSPS) is 21.4. The lowest BCUT2D eigenvalue weighted by Gasteiger charge is -2.33. The summed E-state index contributed by atoms with van der Waals surface area (Å²) in [4.78, 5) is 13.8. The van der Waals surface area contributed by atoms with Crippen molar-refractivity contribution in [2.75, 3.05) is 39.9 Å². The number of hydrogen-bond acceptors (Lipinski definition) is 5. The van der Waals surface area contributed by atoms with Crippen molar-refractivity contribution in [2.24, 2.45) is 5.73 Å². The number of benzene rings is 1. The highest BCUT2D eigenvalue weighted by molar-refractivity contribution is 5.74. The van der Waals surface area contributed by atoms with Gasteiger partial charge < -0.3 is 15.2 Å². The Labute approximate surface area is 119 Å². The smallest absolute Gasteiger partial charge is 0.336 e. The maximum absolute atomic E-state index is 11.5. The van der Waals surface area contributed by atoms with Crippen molar-refractivity contribution in [1.29, 1.82) is 0 Å². The van der Waals surface area contributed by atoms with Crippen LogP contribution in [0, 0.1) is 0 Å². The van der Waals surface area contributed by atoms with E-state index in [-0.39, 0.29) is 11.9 Å². The molecule has 1 saturated heterocycles. The van der Waals surface area contributed by atoms with Crippen LogP contribution in [0.25, 0.3) is 0 Å². The molecule has 1 aromatic rings. The van der Waals surface area contributed by atoms with Crippen LogP contribution in [0.2, 0.25) is 0 Å². The second kappa shape index (κ2) is 7.38. The number of hydrogen-bond donors (Lipinski definition) is 1. The summed E-state index contributed by atoms with van der Waals surface area (Å²) in [6, 6.07) is 10.2. The van der Waals surface area contributed by atoms with E-state index in [1.807, 2.05) is 18.2 Å². The molecule has 0 saturated carbocycles. The van der Waals surface area contributed by atoms with Gasteiger partial charge in [0.15, 0.2) is 6.10 Å². The van der Waals surface area contributed by atoms with Gasteiger partial charge in [-0.05, 0) is 5.56 Å². The van der Waals surface area contributed by atoms with Gasteiger partial charge in [0.05, 0.1) is 13.7 Å². The van der Waals surface area contributed by atoms with E-state index in [0.717, 1.165) is 13.1 Å². The Morgan fingerprint density at radius 2 is 2.25 bits per heavy atom. The fourth-order valence-electron chi connectivity index (χ4n) is 2.50. The predicted octanol–water partition coefficient (Wildman–Crippen LogP) is 0.603. The summed E-state index contributed by atoms with van der Waals surface area (Å²) in [7, 11) is 1.39. The van der Waals surface area contributed by atoms with Crippen LogP contribution in [-0.2, 0) is 14.3 Å². The summed E-state index contributed by atoms with van der Waals surface area (Å²) in [5, 5.41) is 0. The van der Waals surface area contributed by atoms with E-state index in [0.29, 0.717) is 19.7 Å². The van der Waals surface area contributed by atoms with Gasteiger partial charge in [0, 0.05) is 32.1 Å². The minimum Gasteiger partial charge on any atom is -0.467 e. The number of nitrogens with zero attached hydrogens (tertiary/aromatic N) is 1. The number of carbonyl (C=O) groups excluding carboxylic acids is 1. The average molecular weight is 278 g/mol. The van der Waals surface area contributed by atoms with Gasteiger partial charge in [-0.3, -0.25) is 4.90 Å². The molecule has 1 aromatic carbocycles. The molecular weight excluding hydrogens is 256 g/mol. The Morgan fingerprint density at radius 3 is 2.90 bits per heavy atom. The minimum atomic E-state index is -0.483. The lowest BCUT2D eigenvalue weighted by Crippen LogP contribution is -2.48. The maximum Gasteiger partial charge on any atom is 0.336 e. The fraction of sp³-hybridized carbons (Fsp3) is 0.533. The van der Waals surface area contributed by atoms with Gasteiger partial charge in [-0.15, -0.1) is 0 Å². The first kappa shape index (κ1) is 15.0. The highest BCUT2D eigenvalue weighted by atomic mass is 16.6. The quantitative estimate of drug-likeness (QED) is 0.799. The predicted molar refractivity (Wildman–Crippen MR) is 76.4 cm³/mol. The van der Waals surface area contributed by atoms with Crippen molar-refractivity contribution < 1.29 is 14.3 Å². The lowest BCUT2D eigenvalue weighted by atomic mass is 9.98. The van der Waals surface area contributed by atoms with E-state index in [1.54, 1.807) is 0 Å². The second-order valence-corrected chi connectivity index (χ2v) is 4.99. The van der Waals surface area contributed by atoms with Crippen LogP contribution < -0.4 is 5.73 Å². The lowest BCUT2D eigenvalue weighted by molar-refractivity contribution is -0.159. The van der Waals surface area contributed by atoms with E-state index < -0.39 is 6.10 Å². The van der Waals surface area contributed by atoms with E-state index in [2.05, 4.69) is 17.0 Å². The Kier molecular flexibility index (Phi) is 5.52. The zero-order chi connectivity index (χ0) is 14.4. The van der Waals surface area contributed by atoms with Crippen molar-refractivity contribution in [2.45, 2.75) is 12.0 Å². The van der Waals surface area contributed by atoms with Crippen molar-refractivity contribution >= 4 is 5.97 Å². The number of carbonyl (C=O) groups is 1. The summed E-state index contributed by atoms with van der Waals surface area (Å²) in [5.41, 5.74) is 7.13.